The minimum atomic E-state index is -0.563. The molecule has 1 N–H and O–H groups in total. The molecule has 1 aromatic rings. The van der Waals surface area contributed by atoms with E-state index in [9.17, 15) is 10.1 Å². The average molecular weight is 236 g/mol. The molecule has 0 spiro atoms. The summed E-state index contributed by atoms with van der Waals surface area (Å²) in [7, 11) is 0. The van der Waals surface area contributed by atoms with Crippen LogP contribution in [-0.2, 0) is 6.54 Å². The second-order valence-electron chi connectivity index (χ2n) is 3.66. The molecule has 90 valence electrons. The van der Waals surface area contributed by atoms with Crippen molar-refractivity contribution in [1.29, 1.82) is 0 Å². The summed E-state index contributed by atoms with van der Waals surface area (Å²) in [5.74, 6) is 0.664. The highest BCUT2D eigenvalue weighted by atomic mass is 16.7. The van der Waals surface area contributed by atoms with E-state index in [1.54, 1.807) is 35.4 Å². The van der Waals surface area contributed by atoms with Gasteiger partial charge in [0.25, 0.3) is 0 Å². The number of nitrogens with one attached hydrogen (secondary N) is 1. The van der Waals surface area contributed by atoms with Crippen LogP contribution in [0, 0.1) is 17.0 Å². The van der Waals surface area contributed by atoms with Crippen LogP contribution in [0.5, 0.6) is 0 Å². The molecule has 2 rings (SSSR count). The highest BCUT2D eigenvalue weighted by molar-refractivity contribution is 5.13. The Balaban J connectivity index is 2.05. The number of hydrogen-bond acceptors (Lipinski definition) is 5. The molecule has 0 saturated carbocycles. The Labute approximate surface area is 97.5 Å². The average Bonchev–Trinajstić information content (AvgIpc) is 2.66. The Bertz CT molecular complexity index is 466. The fourth-order valence-corrected chi connectivity index (χ4v) is 1.58. The third-order valence-corrected chi connectivity index (χ3v) is 2.29. The van der Waals surface area contributed by atoms with Crippen molar-refractivity contribution in [3.63, 3.8) is 0 Å². The molecule has 1 aromatic heterocycles. The van der Waals surface area contributed by atoms with Crippen molar-refractivity contribution < 1.29 is 9.56 Å². The van der Waals surface area contributed by atoms with Crippen molar-refractivity contribution in [1.82, 2.24) is 15.5 Å². The number of hydrogen-bond donors (Lipinski definition) is 1. The van der Waals surface area contributed by atoms with Gasteiger partial charge in [0, 0.05) is 12.3 Å². The van der Waals surface area contributed by atoms with Crippen LogP contribution in [-0.4, -0.2) is 21.3 Å². The van der Waals surface area contributed by atoms with Gasteiger partial charge >= 0.3 is 0 Å². The first-order valence-corrected chi connectivity index (χ1v) is 5.08. The summed E-state index contributed by atoms with van der Waals surface area (Å²) in [5, 5.41) is 13.7. The van der Waals surface area contributed by atoms with Crippen molar-refractivity contribution in [2.24, 2.45) is 0 Å². The molecule has 17 heavy (non-hydrogen) atoms. The predicted molar refractivity (Wildman–Crippen MR) is 59.0 cm³/mol. The molecule has 1 aliphatic rings. The molecule has 0 saturated heterocycles. The zero-order valence-electron chi connectivity index (χ0n) is 9.24. The van der Waals surface area contributed by atoms with Gasteiger partial charge in [0.05, 0.1) is 12.2 Å². The molecule has 0 radical (unpaired) electrons. The van der Waals surface area contributed by atoms with Crippen molar-refractivity contribution in [3.8, 4) is 0 Å². The van der Waals surface area contributed by atoms with Crippen LogP contribution in [0.2, 0.25) is 0 Å². The van der Waals surface area contributed by atoms with Gasteiger partial charge in [-0.1, -0.05) is 11.2 Å². The maximum atomic E-state index is 10.4. The number of hydrazine groups is 1. The second-order valence-corrected chi connectivity index (χ2v) is 3.66. The van der Waals surface area contributed by atoms with Crippen LogP contribution in [0.4, 0.5) is 0 Å². The number of allylic oxidation sites excluding steroid dienone is 2. The summed E-state index contributed by atoms with van der Waals surface area (Å²) in [6, 6.07) is 1.80. The van der Waals surface area contributed by atoms with Crippen molar-refractivity contribution in [2.45, 2.75) is 19.6 Å². The SMILES string of the molecule is Cc1cc(CN2C=CC=CC2N[N+](=O)[O-])on1. The molecular formula is C10H12N4O3. The number of rotatable bonds is 4. The van der Waals surface area contributed by atoms with Crippen LogP contribution in [0.1, 0.15) is 11.5 Å². The predicted octanol–water partition coefficient (Wildman–Crippen LogP) is 0.976. The van der Waals surface area contributed by atoms with Crippen molar-refractivity contribution in [2.75, 3.05) is 0 Å². The normalized spacial score (nSPS) is 18.4. The van der Waals surface area contributed by atoms with E-state index >= 15 is 0 Å². The van der Waals surface area contributed by atoms with Gasteiger partial charge in [-0.2, -0.15) is 0 Å². The lowest BCUT2D eigenvalue weighted by atomic mass is 10.2. The zero-order valence-corrected chi connectivity index (χ0v) is 9.24. The number of aromatic nitrogens is 1. The highest BCUT2D eigenvalue weighted by Crippen LogP contribution is 2.12. The van der Waals surface area contributed by atoms with Gasteiger partial charge in [0.2, 0.25) is 0 Å². The molecule has 1 unspecified atom stereocenters. The lowest BCUT2D eigenvalue weighted by molar-refractivity contribution is -0.553. The lowest BCUT2D eigenvalue weighted by Crippen LogP contribution is -2.44. The molecule has 0 bridgehead atoms. The summed E-state index contributed by atoms with van der Waals surface area (Å²) in [5.41, 5.74) is 2.99. The lowest BCUT2D eigenvalue weighted by Gasteiger charge is -2.26. The van der Waals surface area contributed by atoms with Crippen LogP contribution >= 0.6 is 0 Å². The van der Waals surface area contributed by atoms with Crippen LogP contribution < -0.4 is 5.43 Å². The number of aryl methyl sites for hydroxylation is 1. The summed E-state index contributed by atoms with van der Waals surface area (Å²) in [6.07, 6.45) is 6.54. The first-order chi connectivity index (χ1) is 8.15. The molecule has 0 aliphatic carbocycles. The first kappa shape index (κ1) is 11.2. The van der Waals surface area contributed by atoms with Gasteiger partial charge in [-0.05, 0) is 19.1 Å². The molecule has 1 atom stereocenters. The molecule has 0 fully saturated rings. The molecule has 0 aromatic carbocycles. The third kappa shape index (κ3) is 2.83. The van der Waals surface area contributed by atoms with Gasteiger partial charge in [-0.3, -0.25) is 0 Å². The largest absolute Gasteiger partial charge is 0.359 e. The van der Waals surface area contributed by atoms with Crippen LogP contribution in [0.25, 0.3) is 0 Å². The van der Waals surface area contributed by atoms with E-state index in [0.29, 0.717) is 12.3 Å². The van der Waals surface area contributed by atoms with E-state index in [2.05, 4.69) is 10.6 Å². The molecule has 1 aliphatic heterocycles. The van der Waals surface area contributed by atoms with E-state index < -0.39 is 11.2 Å². The summed E-state index contributed by atoms with van der Waals surface area (Å²) < 4.78 is 5.07. The summed E-state index contributed by atoms with van der Waals surface area (Å²) >= 11 is 0. The van der Waals surface area contributed by atoms with Gasteiger partial charge in [0.1, 0.15) is 0 Å². The van der Waals surface area contributed by atoms with E-state index in [1.165, 1.54) is 0 Å². The topological polar surface area (TPSA) is 84.4 Å². The maximum Gasteiger partial charge on any atom is 0.177 e. The van der Waals surface area contributed by atoms with E-state index in [0.717, 1.165) is 5.69 Å². The Kier molecular flexibility index (Phi) is 3.08. The molecule has 2 heterocycles. The Hall–Kier alpha value is -2.31. The minimum Gasteiger partial charge on any atom is -0.359 e. The van der Waals surface area contributed by atoms with Gasteiger partial charge in [-0.15, -0.1) is 5.43 Å². The first-order valence-electron chi connectivity index (χ1n) is 5.08. The fourth-order valence-electron chi connectivity index (χ4n) is 1.58. The van der Waals surface area contributed by atoms with Crippen LogP contribution in [0.15, 0.2) is 35.0 Å². The monoisotopic (exact) mass is 236 g/mol. The number of nitro groups is 1. The Morgan fingerprint density at radius 2 is 2.47 bits per heavy atom. The summed E-state index contributed by atoms with van der Waals surface area (Å²) in [4.78, 5) is 12.2. The van der Waals surface area contributed by atoms with E-state index in [4.69, 9.17) is 4.52 Å². The van der Waals surface area contributed by atoms with E-state index in [1.807, 2.05) is 6.92 Å². The maximum absolute atomic E-state index is 10.4. The number of nitrogens with zero attached hydrogens (tertiary/aromatic N) is 3. The standard InChI is InChI=1S/C10H12N4O3/c1-8-6-9(17-12-8)7-13-5-3-2-4-10(13)11-14(15)16/h2-6,10-11H,7H2,1H3. The van der Waals surface area contributed by atoms with Crippen molar-refractivity contribution in [3.05, 3.63) is 52.1 Å². The fraction of sp³-hybridized carbons (Fsp3) is 0.300. The summed E-state index contributed by atoms with van der Waals surface area (Å²) in [6.45, 7) is 2.25. The molecule has 0 amide bonds. The molecular weight excluding hydrogens is 224 g/mol. The smallest absolute Gasteiger partial charge is 0.177 e. The van der Waals surface area contributed by atoms with Crippen LogP contribution in [0.3, 0.4) is 0 Å². The van der Waals surface area contributed by atoms with Crippen molar-refractivity contribution >= 4 is 0 Å². The van der Waals surface area contributed by atoms with Gasteiger partial charge in [0.15, 0.2) is 17.0 Å². The second kappa shape index (κ2) is 4.69. The van der Waals surface area contributed by atoms with Gasteiger partial charge < -0.3 is 9.42 Å². The molecule has 7 nitrogen and oxygen atoms in total. The molecule has 7 heteroatoms. The minimum absolute atomic E-state index is 0.424. The Morgan fingerprint density at radius 3 is 3.12 bits per heavy atom. The van der Waals surface area contributed by atoms with E-state index in [-0.39, 0.29) is 0 Å². The zero-order chi connectivity index (χ0) is 12.3. The third-order valence-electron chi connectivity index (χ3n) is 2.29. The quantitative estimate of drug-likeness (QED) is 0.619. The highest BCUT2D eigenvalue weighted by Gasteiger charge is 2.19. The Morgan fingerprint density at radius 1 is 1.65 bits per heavy atom. The van der Waals surface area contributed by atoms with Gasteiger partial charge in [-0.25, -0.2) is 10.1 Å².